The molecule has 3 rings (SSSR count). The summed E-state index contributed by atoms with van der Waals surface area (Å²) in [5, 5.41) is 0. The van der Waals surface area contributed by atoms with Gasteiger partial charge in [-0.1, -0.05) is 24.3 Å². The zero-order valence-corrected chi connectivity index (χ0v) is 11.4. The lowest BCUT2D eigenvalue weighted by Crippen LogP contribution is -2.06. The van der Waals surface area contributed by atoms with Gasteiger partial charge in [-0.25, -0.2) is 4.79 Å². The molecule has 1 aromatic heterocycles. The third-order valence-corrected chi connectivity index (χ3v) is 3.08. The monoisotopic (exact) mass is 268 g/mol. The normalized spacial score (nSPS) is 11.2. The van der Waals surface area contributed by atoms with Gasteiger partial charge in [-0.3, -0.25) is 0 Å². The highest BCUT2D eigenvalue weighted by Gasteiger charge is 2.08. The van der Waals surface area contributed by atoms with Crippen LogP contribution in [0.2, 0.25) is 0 Å². The number of hydrogen-bond donors (Lipinski definition) is 2. The first-order valence-electron chi connectivity index (χ1n) is 6.61. The third kappa shape index (κ3) is 2.32. The first-order chi connectivity index (χ1) is 9.63. The first-order valence-corrected chi connectivity index (χ1v) is 6.61. The maximum absolute atomic E-state index is 11.3. The van der Waals surface area contributed by atoms with Crippen LogP contribution < -0.4 is 10.4 Å². The van der Waals surface area contributed by atoms with Crippen LogP contribution in [0.25, 0.3) is 22.2 Å². The summed E-state index contributed by atoms with van der Waals surface area (Å²) in [5.74, 6) is 0.847. The van der Waals surface area contributed by atoms with Crippen molar-refractivity contribution >= 4 is 11.0 Å². The molecule has 0 aliphatic heterocycles. The molecule has 0 unspecified atom stereocenters. The highest BCUT2D eigenvalue weighted by Crippen LogP contribution is 2.31. The Labute approximate surface area is 116 Å². The van der Waals surface area contributed by atoms with E-state index in [0.717, 1.165) is 27.9 Å². The molecule has 4 heteroatoms. The van der Waals surface area contributed by atoms with Gasteiger partial charge in [0.15, 0.2) is 0 Å². The van der Waals surface area contributed by atoms with Gasteiger partial charge in [0.05, 0.1) is 17.1 Å². The molecule has 20 heavy (non-hydrogen) atoms. The number of aromatic nitrogens is 2. The number of benzene rings is 2. The van der Waals surface area contributed by atoms with E-state index in [9.17, 15) is 4.79 Å². The Bertz CT molecular complexity index is 799. The van der Waals surface area contributed by atoms with Crippen LogP contribution in [0.15, 0.2) is 47.3 Å². The van der Waals surface area contributed by atoms with Crippen molar-refractivity contribution in [3.05, 3.63) is 52.9 Å². The van der Waals surface area contributed by atoms with E-state index >= 15 is 0 Å². The second-order valence-corrected chi connectivity index (χ2v) is 5.00. The molecule has 0 spiro atoms. The van der Waals surface area contributed by atoms with Crippen LogP contribution in [0.1, 0.15) is 13.8 Å². The molecule has 4 nitrogen and oxygen atoms in total. The van der Waals surface area contributed by atoms with Crippen molar-refractivity contribution in [3.8, 4) is 16.9 Å². The fourth-order valence-corrected chi connectivity index (χ4v) is 2.26. The largest absolute Gasteiger partial charge is 0.490 e. The molecular formula is C16H16N2O2. The minimum absolute atomic E-state index is 0.118. The number of H-pyrrole nitrogens is 2. The Morgan fingerprint density at radius 3 is 2.55 bits per heavy atom. The van der Waals surface area contributed by atoms with Crippen molar-refractivity contribution in [1.82, 2.24) is 9.97 Å². The van der Waals surface area contributed by atoms with Crippen LogP contribution >= 0.6 is 0 Å². The Balaban J connectivity index is 2.12. The summed E-state index contributed by atoms with van der Waals surface area (Å²) in [4.78, 5) is 16.8. The molecule has 0 aliphatic rings. The number of rotatable bonds is 3. The topological polar surface area (TPSA) is 57.9 Å². The van der Waals surface area contributed by atoms with Crippen molar-refractivity contribution in [2.45, 2.75) is 20.0 Å². The van der Waals surface area contributed by atoms with Gasteiger partial charge in [-0.2, -0.15) is 0 Å². The zero-order chi connectivity index (χ0) is 14.1. The van der Waals surface area contributed by atoms with Gasteiger partial charge in [0.25, 0.3) is 0 Å². The molecule has 2 aromatic carbocycles. The molecule has 0 amide bonds. The smallest absolute Gasteiger partial charge is 0.323 e. The van der Waals surface area contributed by atoms with Crippen LogP contribution in [0.3, 0.4) is 0 Å². The fraction of sp³-hybridized carbons (Fsp3) is 0.188. The average Bonchev–Trinajstić information content (AvgIpc) is 2.77. The molecule has 0 aliphatic carbocycles. The van der Waals surface area contributed by atoms with Crippen LogP contribution in [0, 0.1) is 0 Å². The number of hydrogen-bond acceptors (Lipinski definition) is 2. The standard InChI is InChI=1S/C16H16N2O2/c1-10(2)20-15-6-4-3-5-12(15)11-7-8-13-14(9-11)18-16(19)17-13/h3-10H,1-2H3,(H2,17,18,19). The third-order valence-electron chi connectivity index (χ3n) is 3.08. The average molecular weight is 268 g/mol. The molecule has 1 heterocycles. The van der Waals surface area contributed by atoms with Crippen molar-refractivity contribution in [1.29, 1.82) is 0 Å². The van der Waals surface area contributed by atoms with Gasteiger partial charge in [0.2, 0.25) is 0 Å². The predicted molar refractivity (Wildman–Crippen MR) is 80.1 cm³/mol. The van der Waals surface area contributed by atoms with Gasteiger partial charge in [-0.15, -0.1) is 0 Å². The number of imidazole rings is 1. The van der Waals surface area contributed by atoms with E-state index < -0.39 is 0 Å². The number of para-hydroxylation sites is 1. The lowest BCUT2D eigenvalue weighted by Gasteiger charge is -2.14. The first kappa shape index (κ1) is 12.5. The highest BCUT2D eigenvalue weighted by molar-refractivity contribution is 5.83. The summed E-state index contributed by atoms with van der Waals surface area (Å²) < 4.78 is 5.84. The summed E-state index contributed by atoms with van der Waals surface area (Å²) >= 11 is 0. The molecular weight excluding hydrogens is 252 g/mol. The van der Waals surface area contributed by atoms with Crippen LogP contribution in [0.5, 0.6) is 5.75 Å². The van der Waals surface area contributed by atoms with Crippen molar-refractivity contribution in [2.75, 3.05) is 0 Å². The number of aromatic amines is 2. The summed E-state index contributed by atoms with van der Waals surface area (Å²) in [6, 6.07) is 13.7. The quantitative estimate of drug-likeness (QED) is 0.765. The van der Waals surface area contributed by atoms with Crippen molar-refractivity contribution < 1.29 is 4.74 Å². The van der Waals surface area contributed by atoms with Crippen LogP contribution in [-0.2, 0) is 0 Å². The highest BCUT2D eigenvalue weighted by atomic mass is 16.5. The van der Waals surface area contributed by atoms with E-state index in [0.29, 0.717) is 0 Å². The van der Waals surface area contributed by atoms with Crippen LogP contribution in [-0.4, -0.2) is 16.1 Å². The maximum atomic E-state index is 11.3. The summed E-state index contributed by atoms with van der Waals surface area (Å²) in [6.45, 7) is 4.01. The van der Waals surface area contributed by atoms with Gasteiger partial charge in [0, 0.05) is 5.56 Å². The Hall–Kier alpha value is -2.49. The molecule has 0 saturated carbocycles. The Morgan fingerprint density at radius 1 is 1.00 bits per heavy atom. The Morgan fingerprint density at radius 2 is 1.75 bits per heavy atom. The number of ether oxygens (including phenoxy) is 1. The molecule has 0 saturated heterocycles. The molecule has 0 atom stereocenters. The fourth-order valence-electron chi connectivity index (χ4n) is 2.26. The van der Waals surface area contributed by atoms with Crippen molar-refractivity contribution in [3.63, 3.8) is 0 Å². The van der Waals surface area contributed by atoms with E-state index in [2.05, 4.69) is 9.97 Å². The predicted octanol–water partition coefficient (Wildman–Crippen LogP) is 3.31. The number of nitrogens with one attached hydrogen (secondary N) is 2. The second-order valence-electron chi connectivity index (χ2n) is 5.00. The van der Waals surface area contributed by atoms with Crippen LogP contribution in [0.4, 0.5) is 0 Å². The van der Waals surface area contributed by atoms with Crippen molar-refractivity contribution in [2.24, 2.45) is 0 Å². The van der Waals surface area contributed by atoms with Gasteiger partial charge < -0.3 is 14.7 Å². The molecule has 2 N–H and O–H groups in total. The molecule has 102 valence electrons. The lowest BCUT2D eigenvalue weighted by atomic mass is 10.0. The molecule has 3 aromatic rings. The second kappa shape index (κ2) is 4.89. The summed E-state index contributed by atoms with van der Waals surface area (Å²) in [6.07, 6.45) is 0.118. The zero-order valence-electron chi connectivity index (χ0n) is 11.4. The minimum atomic E-state index is -0.191. The SMILES string of the molecule is CC(C)Oc1ccccc1-c1ccc2[nH]c(=O)[nH]c2c1. The van der Waals surface area contributed by atoms with E-state index in [1.54, 1.807) is 0 Å². The number of fused-ring (bicyclic) bond motifs is 1. The van der Waals surface area contributed by atoms with E-state index in [4.69, 9.17) is 4.74 Å². The lowest BCUT2D eigenvalue weighted by molar-refractivity contribution is 0.243. The minimum Gasteiger partial charge on any atom is -0.490 e. The molecule has 0 fully saturated rings. The van der Waals surface area contributed by atoms with Gasteiger partial charge in [-0.05, 0) is 37.6 Å². The van der Waals surface area contributed by atoms with Gasteiger partial charge in [0.1, 0.15) is 5.75 Å². The molecule has 0 bridgehead atoms. The molecule has 0 radical (unpaired) electrons. The summed E-state index contributed by atoms with van der Waals surface area (Å²) in [7, 11) is 0. The van der Waals surface area contributed by atoms with Gasteiger partial charge >= 0.3 is 5.69 Å². The maximum Gasteiger partial charge on any atom is 0.323 e. The Kier molecular flexibility index (Phi) is 3.06. The van der Waals surface area contributed by atoms with E-state index in [1.807, 2.05) is 56.3 Å². The van der Waals surface area contributed by atoms with E-state index in [1.165, 1.54) is 0 Å². The van der Waals surface area contributed by atoms with E-state index in [-0.39, 0.29) is 11.8 Å². The summed E-state index contributed by atoms with van der Waals surface area (Å²) in [5.41, 5.74) is 3.45.